The smallest absolute Gasteiger partial charge is 0.218 e. The van der Waals surface area contributed by atoms with Gasteiger partial charge < -0.3 is 4.57 Å². The Kier molecular flexibility index (Phi) is 7.27. The molecule has 4 heteroatoms. The van der Waals surface area contributed by atoms with Crippen molar-refractivity contribution in [1.82, 2.24) is 4.57 Å². The average molecular weight is 628 g/mol. The first-order chi connectivity index (χ1) is 23.8. The minimum atomic E-state index is -2.94. The van der Waals surface area contributed by atoms with Crippen molar-refractivity contribution in [1.29, 1.82) is 0 Å². The second kappa shape index (κ2) is 12.0. The van der Waals surface area contributed by atoms with Gasteiger partial charge in [0.25, 0.3) is 0 Å². The van der Waals surface area contributed by atoms with Gasteiger partial charge in [0.1, 0.15) is 0 Å². The Hall–Kier alpha value is -6.46. The summed E-state index contributed by atoms with van der Waals surface area (Å²) in [6.45, 7) is 16.5. The Bertz CT molecular complexity index is 2370. The second-order valence-corrected chi connectivity index (χ2v) is 15.6. The van der Waals surface area contributed by atoms with E-state index in [1.807, 2.05) is 18.2 Å². The molecule has 48 heavy (non-hydrogen) atoms. The summed E-state index contributed by atoms with van der Waals surface area (Å²) in [5.41, 5.74) is 5.43. The Morgan fingerprint density at radius 1 is 0.417 bits per heavy atom. The van der Waals surface area contributed by atoms with E-state index in [9.17, 15) is 0 Å². The molecule has 0 bridgehead atoms. The molecule has 0 N–H and O–H groups in total. The molecule has 1 aromatic heterocycles. The zero-order valence-corrected chi connectivity index (χ0v) is 27.1. The van der Waals surface area contributed by atoms with Crippen LogP contribution in [0.4, 0.5) is 11.4 Å². The molecular weight excluding hydrogens is 599 g/mol. The highest BCUT2D eigenvalue weighted by molar-refractivity contribution is 7.20. The maximum absolute atomic E-state index is 8.46. The van der Waals surface area contributed by atoms with E-state index in [4.69, 9.17) is 13.1 Å². The van der Waals surface area contributed by atoms with Crippen molar-refractivity contribution in [2.45, 2.75) is 0 Å². The lowest BCUT2D eigenvalue weighted by molar-refractivity contribution is 1.19. The van der Waals surface area contributed by atoms with Gasteiger partial charge in [0.05, 0.1) is 24.2 Å². The quantitative estimate of drug-likeness (QED) is 0.0993. The summed E-state index contributed by atoms with van der Waals surface area (Å²) >= 11 is 0. The van der Waals surface area contributed by atoms with E-state index < -0.39 is 8.07 Å². The van der Waals surface area contributed by atoms with Gasteiger partial charge in [-0.15, -0.1) is 0 Å². The Balaban J connectivity index is 1.56. The minimum absolute atomic E-state index is 0.348. The fourth-order valence-electron chi connectivity index (χ4n) is 7.45. The van der Waals surface area contributed by atoms with Crippen LogP contribution >= 0.6 is 0 Å². The Morgan fingerprint density at radius 3 is 1.38 bits per heavy atom. The van der Waals surface area contributed by atoms with Gasteiger partial charge >= 0.3 is 0 Å². The van der Waals surface area contributed by atoms with E-state index in [1.165, 1.54) is 20.7 Å². The molecule has 1 heterocycles. The van der Waals surface area contributed by atoms with Gasteiger partial charge in [-0.3, -0.25) is 4.85 Å². The SMILES string of the molecule is [C-]#[N+]c1ccc(-c2ccccc2[Si](c2ccccc2)(c2ccccc2)c2ccccc2)c(-n2c3ccccc3c3ccccc32)c1[N+]#[C-]. The third kappa shape index (κ3) is 4.40. The van der Waals surface area contributed by atoms with Crippen molar-refractivity contribution in [2.75, 3.05) is 0 Å². The number of hydrogen-bond donors (Lipinski definition) is 0. The molecule has 0 saturated heterocycles. The molecule has 0 aliphatic carbocycles. The zero-order chi connectivity index (χ0) is 32.5. The summed E-state index contributed by atoms with van der Waals surface area (Å²) in [6.07, 6.45) is 0. The molecule has 0 atom stereocenters. The molecule has 0 radical (unpaired) electrons. The van der Waals surface area contributed by atoms with E-state index in [1.54, 1.807) is 0 Å². The zero-order valence-electron chi connectivity index (χ0n) is 26.1. The van der Waals surface area contributed by atoms with E-state index in [2.05, 4.69) is 172 Å². The largest absolute Gasteiger partial charge is 0.320 e. The van der Waals surface area contributed by atoms with Crippen molar-refractivity contribution < 1.29 is 0 Å². The van der Waals surface area contributed by atoms with E-state index in [-0.39, 0.29) is 0 Å². The van der Waals surface area contributed by atoms with Gasteiger partial charge in [0.15, 0.2) is 13.8 Å². The summed E-state index contributed by atoms with van der Waals surface area (Å²) in [6, 6.07) is 61.9. The van der Waals surface area contributed by atoms with Crippen molar-refractivity contribution >= 4 is 62.0 Å². The molecule has 224 valence electrons. The molecule has 0 aliphatic rings. The molecule has 8 rings (SSSR count). The van der Waals surface area contributed by atoms with Crippen LogP contribution in [0.5, 0.6) is 0 Å². The number of rotatable bonds is 6. The second-order valence-electron chi connectivity index (χ2n) is 11.8. The minimum Gasteiger partial charge on any atom is -0.320 e. The van der Waals surface area contributed by atoms with Crippen molar-refractivity contribution in [3.05, 3.63) is 199 Å². The van der Waals surface area contributed by atoms with E-state index in [0.29, 0.717) is 11.4 Å². The lowest BCUT2D eigenvalue weighted by atomic mass is 10.0. The number of nitrogens with zero attached hydrogens (tertiary/aromatic N) is 3. The molecular formula is C44H29N3Si. The fraction of sp³-hybridized carbons (Fsp3) is 0. The number of fused-ring (bicyclic) bond motifs is 3. The summed E-state index contributed by atoms with van der Waals surface area (Å²) in [4.78, 5) is 7.94. The third-order valence-corrected chi connectivity index (χ3v) is 14.2. The predicted molar refractivity (Wildman–Crippen MR) is 202 cm³/mol. The molecule has 0 amide bonds. The monoisotopic (exact) mass is 627 g/mol. The fourth-order valence-corrected chi connectivity index (χ4v) is 12.4. The lowest BCUT2D eigenvalue weighted by Crippen LogP contribution is -2.75. The van der Waals surface area contributed by atoms with Crippen molar-refractivity contribution in [3.63, 3.8) is 0 Å². The number of hydrogen-bond acceptors (Lipinski definition) is 0. The highest BCUT2D eigenvalue weighted by atomic mass is 28.3. The summed E-state index contributed by atoms with van der Waals surface area (Å²) in [7, 11) is -2.94. The molecule has 3 nitrogen and oxygen atoms in total. The first kappa shape index (κ1) is 29.0. The first-order valence-electron chi connectivity index (χ1n) is 15.9. The molecule has 0 spiro atoms. The Labute approximate surface area is 281 Å². The van der Waals surface area contributed by atoms with E-state index >= 15 is 0 Å². The van der Waals surface area contributed by atoms with Crippen LogP contribution < -0.4 is 20.7 Å². The van der Waals surface area contributed by atoms with Gasteiger partial charge in [-0.1, -0.05) is 164 Å². The van der Waals surface area contributed by atoms with Crippen LogP contribution in [-0.2, 0) is 0 Å². The van der Waals surface area contributed by atoms with Crippen LogP contribution in [0, 0.1) is 13.1 Å². The van der Waals surface area contributed by atoms with Crippen LogP contribution in [-0.4, -0.2) is 12.6 Å². The van der Waals surface area contributed by atoms with Crippen molar-refractivity contribution in [2.24, 2.45) is 0 Å². The molecule has 0 fully saturated rings. The maximum atomic E-state index is 8.46. The normalized spacial score (nSPS) is 11.3. The number of aromatic nitrogens is 1. The van der Waals surface area contributed by atoms with Gasteiger partial charge in [-0.05, 0) is 44.0 Å². The van der Waals surface area contributed by atoms with Gasteiger partial charge in [0.2, 0.25) is 5.69 Å². The molecule has 0 aliphatic heterocycles. The van der Waals surface area contributed by atoms with Gasteiger partial charge in [-0.25, -0.2) is 4.85 Å². The maximum Gasteiger partial charge on any atom is 0.218 e. The number of benzene rings is 7. The lowest BCUT2D eigenvalue weighted by Gasteiger charge is -2.36. The standard InChI is InChI=1S/C44H29N3Si/c1-45-39-31-30-38(44(43(39)46-2)47-40-27-15-12-24-35(40)36-25-13-16-28-41(36)47)37-26-14-17-29-42(37)48(32-18-6-3-7-19-32,33-20-8-4-9-21-33)34-22-10-5-11-23-34/h3-31H. The number of para-hydroxylation sites is 2. The average Bonchev–Trinajstić information content (AvgIpc) is 3.50. The van der Waals surface area contributed by atoms with Crippen LogP contribution in [0.15, 0.2) is 176 Å². The topological polar surface area (TPSA) is 13.6 Å². The van der Waals surface area contributed by atoms with Crippen LogP contribution in [0.3, 0.4) is 0 Å². The third-order valence-electron chi connectivity index (χ3n) is 9.41. The van der Waals surface area contributed by atoms with E-state index in [0.717, 1.165) is 38.6 Å². The van der Waals surface area contributed by atoms with Crippen LogP contribution in [0.1, 0.15) is 0 Å². The predicted octanol–water partition coefficient (Wildman–Crippen LogP) is 8.93. The van der Waals surface area contributed by atoms with Crippen LogP contribution in [0.25, 0.3) is 48.3 Å². The molecule has 0 saturated carbocycles. The Morgan fingerprint density at radius 2 is 0.875 bits per heavy atom. The summed E-state index contributed by atoms with van der Waals surface area (Å²) in [5.74, 6) is 0. The van der Waals surface area contributed by atoms with Crippen LogP contribution in [0.2, 0.25) is 0 Å². The highest BCUT2D eigenvalue weighted by Crippen LogP contribution is 2.45. The first-order valence-corrected chi connectivity index (χ1v) is 17.9. The summed E-state index contributed by atoms with van der Waals surface area (Å²) in [5, 5.41) is 7.27. The highest BCUT2D eigenvalue weighted by Gasteiger charge is 2.43. The van der Waals surface area contributed by atoms with Gasteiger partial charge in [0, 0.05) is 16.5 Å². The van der Waals surface area contributed by atoms with Crippen molar-refractivity contribution in [3.8, 4) is 16.8 Å². The van der Waals surface area contributed by atoms with Gasteiger partial charge in [-0.2, -0.15) is 0 Å². The molecule has 8 aromatic rings. The summed E-state index contributed by atoms with van der Waals surface area (Å²) < 4.78 is 2.20. The molecule has 0 unspecified atom stereocenters. The molecule has 7 aromatic carbocycles.